The molecule has 232 valence electrons. The molecule has 0 atom stereocenters. The molecule has 1 aliphatic carbocycles. The van der Waals surface area contributed by atoms with Gasteiger partial charge in [-0.15, -0.1) is 0 Å². The van der Waals surface area contributed by atoms with Crippen LogP contribution >= 0.6 is 0 Å². The number of carbonyl (C=O) groups excluding carboxylic acids is 1. The number of fused-ring (bicyclic) bond motifs is 2. The van der Waals surface area contributed by atoms with Crippen LogP contribution in [0, 0.1) is 18.6 Å². The molecule has 1 saturated carbocycles. The SMILES string of the molecule is Cc1nc2c(OCc3c(F)cccc3F)cccn2c1-c1nc2c(c(NC3CCC(C)(O)CC3)n1)C(C)(C)C(=O)N2.O=CO. The van der Waals surface area contributed by atoms with Crippen molar-refractivity contribution in [1.82, 2.24) is 19.4 Å². The number of rotatable bonds is 6. The van der Waals surface area contributed by atoms with Gasteiger partial charge in [-0.1, -0.05) is 6.07 Å². The zero-order valence-corrected chi connectivity index (χ0v) is 24.8. The van der Waals surface area contributed by atoms with Gasteiger partial charge in [0, 0.05) is 12.2 Å². The molecule has 1 fully saturated rings. The van der Waals surface area contributed by atoms with Gasteiger partial charge in [-0.3, -0.25) is 14.0 Å². The molecule has 13 heteroatoms. The second-order valence-electron chi connectivity index (χ2n) is 11.8. The van der Waals surface area contributed by atoms with Crippen LogP contribution in [0.15, 0.2) is 36.5 Å². The molecule has 0 saturated heterocycles. The van der Waals surface area contributed by atoms with Crippen LogP contribution in [0.25, 0.3) is 17.2 Å². The molecule has 1 aromatic carbocycles. The molecular weight excluding hydrogens is 574 g/mol. The maximum Gasteiger partial charge on any atom is 0.290 e. The fourth-order valence-electron chi connectivity index (χ4n) is 5.67. The summed E-state index contributed by atoms with van der Waals surface area (Å²) in [6.07, 6.45) is 4.65. The summed E-state index contributed by atoms with van der Waals surface area (Å²) in [5.41, 5.74) is 0.659. The number of aliphatic hydroxyl groups is 1. The number of pyridine rings is 1. The van der Waals surface area contributed by atoms with Gasteiger partial charge in [-0.05, 0) is 77.6 Å². The average Bonchev–Trinajstić information content (AvgIpc) is 3.41. The highest BCUT2D eigenvalue weighted by molar-refractivity contribution is 6.06. The van der Waals surface area contributed by atoms with E-state index in [2.05, 4.69) is 15.6 Å². The molecule has 1 amide bonds. The lowest BCUT2D eigenvalue weighted by molar-refractivity contribution is -0.123. The lowest BCUT2D eigenvalue weighted by atomic mass is 9.83. The van der Waals surface area contributed by atoms with Crippen LogP contribution in [0.3, 0.4) is 0 Å². The Bertz CT molecular complexity index is 1710. The van der Waals surface area contributed by atoms with Crippen molar-refractivity contribution in [3.63, 3.8) is 0 Å². The molecule has 6 rings (SSSR count). The minimum Gasteiger partial charge on any atom is -0.485 e. The molecule has 4 N–H and O–H groups in total. The first kappa shape index (κ1) is 30.8. The fraction of sp³-hybridized carbons (Fsp3) is 0.387. The number of hydrogen-bond donors (Lipinski definition) is 4. The molecule has 2 aliphatic rings. The van der Waals surface area contributed by atoms with E-state index in [9.17, 15) is 18.7 Å². The van der Waals surface area contributed by atoms with Crippen LogP contribution in [0.2, 0.25) is 0 Å². The summed E-state index contributed by atoms with van der Waals surface area (Å²) in [5.74, 6) is 0.163. The van der Waals surface area contributed by atoms with Crippen LogP contribution in [-0.2, 0) is 21.6 Å². The quantitative estimate of drug-likeness (QED) is 0.222. The third kappa shape index (κ3) is 5.79. The normalized spacial score (nSPS) is 20.3. The van der Waals surface area contributed by atoms with Gasteiger partial charge < -0.3 is 25.6 Å². The Morgan fingerprint density at radius 1 is 1.11 bits per heavy atom. The van der Waals surface area contributed by atoms with Gasteiger partial charge in [0.15, 0.2) is 17.2 Å². The summed E-state index contributed by atoms with van der Waals surface area (Å²) in [7, 11) is 0. The summed E-state index contributed by atoms with van der Waals surface area (Å²) in [5, 5.41) is 23.8. The predicted molar refractivity (Wildman–Crippen MR) is 158 cm³/mol. The zero-order chi connectivity index (χ0) is 31.8. The maximum atomic E-state index is 14.2. The van der Waals surface area contributed by atoms with Gasteiger partial charge >= 0.3 is 0 Å². The number of amides is 1. The summed E-state index contributed by atoms with van der Waals surface area (Å²) in [6.45, 7) is 6.80. The van der Waals surface area contributed by atoms with Crippen molar-refractivity contribution in [2.24, 2.45) is 0 Å². The van der Waals surface area contributed by atoms with Gasteiger partial charge in [-0.25, -0.2) is 23.7 Å². The van der Waals surface area contributed by atoms with Crippen molar-refractivity contribution in [2.45, 2.75) is 77.0 Å². The van der Waals surface area contributed by atoms with E-state index in [-0.39, 0.29) is 30.6 Å². The third-order valence-electron chi connectivity index (χ3n) is 8.17. The van der Waals surface area contributed by atoms with E-state index in [1.54, 1.807) is 22.7 Å². The first-order valence-corrected chi connectivity index (χ1v) is 14.2. The number of carbonyl (C=O) groups is 2. The number of carboxylic acid groups (broad SMARTS) is 1. The molecule has 44 heavy (non-hydrogen) atoms. The highest BCUT2D eigenvalue weighted by Gasteiger charge is 2.43. The topological polar surface area (TPSA) is 151 Å². The summed E-state index contributed by atoms with van der Waals surface area (Å²) >= 11 is 0. The number of nitrogens with zero attached hydrogens (tertiary/aromatic N) is 4. The first-order valence-electron chi connectivity index (χ1n) is 14.2. The summed E-state index contributed by atoms with van der Waals surface area (Å²) < 4.78 is 36.0. The van der Waals surface area contributed by atoms with Gasteiger partial charge in [0.25, 0.3) is 6.47 Å². The Labute approximate surface area is 252 Å². The van der Waals surface area contributed by atoms with E-state index in [0.29, 0.717) is 58.6 Å². The van der Waals surface area contributed by atoms with Crippen molar-refractivity contribution in [3.8, 4) is 17.3 Å². The smallest absolute Gasteiger partial charge is 0.290 e. The molecule has 0 spiro atoms. The van der Waals surface area contributed by atoms with Crippen LogP contribution in [0.4, 0.5) is 20.4 Å². The maximum absolute atomic E-state index is 14.2. The minimum atomic E-state index is -0.839. The number of aryl methyl sites for hydroxylation is 1. The Hall–Kier alpha value is -4.65. The number of hydrogen-bond acceptors (Lipinski definition) is 8. The second kappa shape index (κ2) is 11.8. The summed E-state index contributed by atoms with van der Waals surface area (Å²) in [6, 6.07) is 7.19. The molecule has 1 aliphatic heterocycles. The Balaban J connectivity index is 0.00000123. The van der Waals surface area contributed by atoms with Gasteiger partial charge in [0.2, 0.25) is 5.91 Å². The second-order valence-corrected chi connectivity index (χ2v) is 11.8. The highest BCUT2D eigenvalue weighted by Crippen LogP contribution is 2.43. The van der Waals surface area contributed by atoms with Crippen molar-refractivity contribution < 1.29 is 33.3 Å². The van der Waals surface area contributed by atoms with Crippen molar-refractivity contribution in [3.05, 3.63) is 65.0 Å². The zero-order valence-electron chi connectivity index (χ0n) is 24.8. The van der Waals surface area contributed by atoms with Gasteiger partial charge in [-0.2, -0.15) is 0 Å². The van der Waals surface area contributed by atoms with Gasteiger partial charge in [0.1, 0.15) is 35.6 Å². The largest absolute Gasteiger partial charge is 0.485 e. The number of nitrogens with one attached hydrogen (secondary N) is 2. The fourth-order valence-corrected chi connectivity index (χ4v) is 5.67. The molecule has 4 aromatic rings. The number of anilines is 2. The van der Waals surface area contributed by atoms with Crippen LogP contribution in [0.1, 0.15) is 63.3 Å². The monoisotopic (exact) mass is 608 g/mol. The molecule has 4 heterocycles. The summed E-state index contributed by atoms with van der Waals surface area (Å²) in [4.78, 5) is 35.6. The third-order valence-corrected chi connectivity index (χ3v) is 8.17. The van der Waals surface area contributed by atoms with Crippen molar-refractivity contribution >= 4 is 29.7 Å². The lowest BCUT2D eigenvalue weighted by Crippen LogP contribution is -2.36. The number of benzene rings is 1. The van der Waals surface area contributed by atoms with Crippen molar-refractivity contribution in [2.75, 3.05) is 10.6 Å². The van der Waals surface area contributed by atoms with E-state index in [4.69, 9.17) is 24.6 Å². The van der Waals surface area contributed by atoms with E-state index in [0.717, 1.165) is 12.8 Å². The Morgan fingerprint density at radius 3 is 2.43 bits per heavy atom. The molecule has 11 nitrogen and oxygen atoms in total. The standard InChI is InChI=1S/C30H32F2N6O3.CH2O2/c1-16-23(38-14-6-9-21(27(38)33-16)41-15-18-19(31)7-5-8-20(18)32)26-35-24(34-17-10-12-30(4,40)13-11-17)22-25(36-26)37-28(39)29(22,2)3;2-1-3/h5-9,14,17,40H,10-13,15H2,1-4H3,(H2,34,35,36,37,39);1H,(H,2,3). The Kier molecular flexibility index (Phi) is 8.25. The van der Waals surface area contributed by atoms with Crippen LogP contribution < -0.4 is 15.4 Å². The molecule has 3 aromatic heterocycles. The molecular formula is C31H34F2N6O5. The van der Waals surface area contributed by atoms with E-state index < -0.39 is 22.7 Å². The van der Waals surface area contributed by atoms with E-state index in [1.165, 1.54) is 18.2 Å². The van der Waals surface area contributed by atoms with Gasteiger partial charge in [0.05, 0.1) is 27.8 Å². The van der Waals surface area contributed by atoms with E-state index >= 15 is 0 Å². The number of halogens is 2. The van der Waals surface area contributed by atoms with E-state index in [1.807, 2.05) is 27.7 Å². The highest BCUT2D eigenvalue weighted by atomic mass is 19.1. The Morgan fingerprint density at radius 2 is 1.77 bits per heavy atom. The number of imidazole rings is 1. The number of aromatic nitrogens is 4. The lowest BCUT2D eigenvalue weighted by Gasteiger charge is -2.34. The first-order chi connectivity index (χ1) is 20.9. The van der Waals surface area contributed by atoms with Crippen LogP contribution in [0.5, 0.6) is 5.75 Å². The molecule has 0 unspecified atom stereocenters. The van der Waals surface area contributed by atoms with Crippen LogP contribution in [-0.4, -0.2) is 53.6 Å². The molecule has 0 radical (unpaired) electrons. The average molecular weight is 609 g/mol. The number of ether oxygens (including phenoxy) is 1. The predicted octanol–water partition coefficient (Wildman–Crippen LogP) is 4.99. The minimum absolute atomic E-state index is 0.0793. The van der Waals surface area contributed by atoms with Crippen molar-refractivity contribution in [1.29, 1.82) is 0 Å². The molecule has 0 bridgehead atoms.